The Morgan fingerprint density at radius 1 is 0.857 bits per heavy atom. The van der Waals surface area contributed by atoms with E-state index < -0.39 is 0 Å². The molecule has 2 rings (SSSR count). The van der Waals surface area contributed by atoms with Gasteiger partial charge in [0.25, 0.3) is 0 Å². The molecule has 0 radical (unpaired) electrons. The van der Waals surface area contributed by atoms with E-state index in [1.165, 1.54) is 11.1 Å². The van der Waals surface area contributed by atoms with Crippen molar-refractivity contribution in [2.45, 2.75) is 19.3 Å². The van der Waals surface area contributed by atoms with E-state index in [1.807, 2.05) is 36.4 Å². The summed E-state index contributed by atoms with van der Waals surface area (Å²) in [5.74, 6) is 0. The van der Waals surface area contributed by atoms with Crippen molar-refractivity contribution in [1.82, 2.24) is 0 Å². The molecule has 0 atom stereocenters. The molecule has 0 aliphatic rings. The Kier molecular flexibility index (Phi) is 6.31. The molecular weight excluding hydrogens is 301 g/mol. The van der Waals surface area contributed by atoms with Crippen molar-refractivity contribution < 1.29 is 0 Å². The first-order chi connectivity index (χ1) is 10.2. The molecule has 2 aromatic rings. The van der Waals surface area contributed by atoms with E-state index in [1.54, 1.807) is 0 Å². The molecule has 0 bridgehead atoms. The molecule has 1 nitrogen and oxygen atoms in total. The molecular formula is C18H19Cl2N. The van der Waals surface area contributed by atoms with Gasteiger partial charge in [0.15, 0.2) is 0 Å². The summed E-state index contributed by atoms with van der Waals surface area (Å²) in [6, 6.07) is 15.9. The molecule has 110 valence electrons. The number of nitrogens with two attached hydrogens (primary N) is 1. The van der Waals surface area contributed by atoms with Crippen LogP contribution in [0.15, 0.2) is 48.5 Å². The summed E-state index contributed by atoms with van der Waals surface area (Å²) in [6.45, 7) is 0.731. The van der Waals surface area contributed by atoms with Crippen molar-refractivity contribution in [3.8, 4) is 0 Å². The van der Waals surface area contributed by atoms with Crippen LogP contribution in [0, 0.1) is 0 Å². The van der Waals surface area contributed by atoms with Crippen molar-refractivity contribution in [3.63, 3.8) is 0 Å². The molecule has 0 aromatic heterocycles. The highest BCUT2D eigenvalue weighted by atomic mass is 35.5. The average molecular weight is 320 g/mol. The van der Waals surface area contributed by atoms with Crippen molar-refractivity contribution in [3.05, 3.63) is 69.7 Å². The fraction of sp³-hybridized carbons (Fsp3) is 0.222. The Morgan fingerprint density at radius 2 is 1.43 bits per heavy atom. The zero-order valence-corrected chi connectivity index (χ0v) is 13.4. The molecule has 3 heteroatoms. The van der Waals surface area contributed by atoms with Gasteiger partial charge in [-0.3, -0.25) is 0 Å². The van der Waals surface area contributed by atoms with Crippen molar-refractivity contribution in [1.29, 1.82) is 0 Å². The van der Waals surface area contributed by atoms with Gasteiger partial charge in [-0.15, -0.1) is 0 Å². The molecule has 0 spiro atoms. The van der Waals surface area contributed by atoms with Crippen LogP contribution >= 0.6 is 23.2 Å². The number of benzene rings is 2. The Labute approximate surface area is 136 Å². The number of halogens is 2. The number of hydrogen-bond donors (Lipinski definition) is 1. The first-order valence-electron chi connectivity index (χ1n) is 7.11. The topological polar surface area (TPSA) is 26.0 Å². The minimum Gasteiger partial charge on any atom is -0.330 e. The van der Waals surface area contributed by atoms with E-state index in [9.17, 15) is 0 Å². The summed E-state index contributed by atoms with van der Waals surface area (Å²) in [5, 5.41) is 1.51. The first-order valence-corrected chi connectivity index (χ1v) is 7.87. The highest BCUT2D eigenvalue weighted by Crippen LogP contribution is 2.25. The Hall–Kier alpha value is -1.28. The predicted molar refractivity (Wildman–Crippen MR) is 93.7 cm³/mol. The SMILES string of the molecule is NCCCC/C(=C/c1ccc(Cl)cc1)c1ccc(Cl)cc1. The van der Waals surface area contributed by atoms with Gasteiger partial charge in [-0.05, 0) is 66.8 Å². The third kappa shape index (κ3) is 5.20. The molecule has 2 N–H and O–H groups in total. The third-order valence-corrected chi connectivity index (χ3v) is 3.83. The molecule has 21 heavy (non-hydrogen) atoms. The van der Waals surface area contributed by atoms with Gasteiger partial charge < -0.3 is 5.73 Å². The average Bonchev–Trinajstić information content (AvgIpc) is 2.49. The van der Waals surface area contributed by atoms with Gasteiger partial charge in [-0.2, -0.15) is 0 Å². The van der Waals surface area contributed by atoms with Gasteiger partial charge in [0.05, 0.1) is 0 Å². The molecule has 0 aliphatic carbocycles. The molecule has 0 amide bonds. The van der Waals surface area contributed by atoms with Gasteiger partial charge in [0.2, 0.25) is 0 Å². The minimum atomic E-state index is 0.731. The van der Waals surface area contributed by atoms with Crippen molar-refractivity contribution >= 4 is 34.9 Å². The molecule has 0 unspecified atom stereocenters. The van der Waals surface area contributed by atoms with Gasteiger partial charge in [-0.25, -0.2) is 0 Å². The van der Waals surface area contributed by atoms with Crippen LogP contribution < -0.4 is 5.73 Å². The smallest absolute Gasteiger partial charge is 0.0406 e. The van der Waals surface area contributed by atoms with Crippen molar-refractivity contribution in [2.75, 3.05) is 6.54 Å². The maximum Gasteiger partial charge on any atom is 0.0406 e. The van der Waals surface area contributed by atoms with E-state index in [0.717, 1.165) is 41.4 Å². The van der Waals surface area contributed by atoms with Crippen molar-refractivity contribution in [2.24, 2.45) is 5.73 Å². The maximum atomic E-state index is 5.97. The lowest BCUT2D eigenvalue weighted by Gasteiger charge is -2.09. The summed E-state index contributed by atoms with van der Waals surface area (Å²) in [4.78, 5) is 0. The summed E-state index contributed by atoms with van der Waals surface area (Å²) >= 11 is 11.9. The van der Waals surface area contributed by atoms with E-state index in [0.29, 0.717) is 0 Å². The van der Waals surface area contributed by atoms with Crippen LogP contribution in [-0.4, -0.2) is 6.54 Å². The van der Waals surface area contributed by atoms with Crippen LogP contribution in [0.2, 0.25) is 10.0 Å². The van der Waals surface area contributed by atoms with E-state index >= 15 is 0 Å². The zero-order chi connectivity index (χ0) is 15.1. The van der Waals surface area contributed by atoms with Crippen LogP contribution in [0.25, 0.3) is 11.6 Å². The fourth-order valence-corrected chi connectivity index (χ4v) is 2.44. The lowest BCUT2D eigenvalue weighted by atomic mass is 9.97. The number of rotatable bonds is 6. The third-order valence-electron chi connectivity index (χ3n) is 3.33. The predicted octanol–water partition coefficient (Wildman–Crippen LogP) is 5.66. The van der Waals surface area contributed by atoms with Crippen LogP contribution in [0.1, 0.15) is 30.4 Å². The van der Waals surface area contributed by atoms with Crippen LogP contribution in [0.4, 0.5) is 0 Å². The Morgan fingerprint density at radius 3 is 2.00 bits per heavy atom. The summed E-state index contributed by atoms with van der Waals surface area (Å²) in [6.07, 6.45) is 5.32. The zero-order valence-electron chi connectivity index (χ0n) is 11.9. The largest absolute Gasteiger partial charge is 0.330 e. The van der Waals surface area contributed by atoms with Gasteiger partial charge >= 0.3 is 0 Å². The monoisotopic (exact) mass is 319 g/mol. The van der Waals surface area contributed by atoms with Crippen LogP contribution in [-0.2, 0) is 0 Å². The normalized spacial score (nSPS) is 11.7. The minimum absolute atomic E-state index is 0.731. The summed E-state index contributed by atoms with van der Waals surface area (Å²) < 4.78 is 0. The molecule has 0 aliphatic heterocycles. The molecule has 0 saturated heterocycles. The van der Waals surface area contributed by atoms with Crippen LogP contribution in [0.5, 0.6) is 0 Å². The summed E-state index contributed by atoms with van der Waals surface area (Å²) in [5.41, 5.74) is 9.24. The highest BCUT2D eigenvalue weighted by molar-refractivity contribution is 6.30. The van der Waals surface area contributed by atoms with Crippen LogP contribution in [0.3, 0.4) is 0 Å². The Bertz CT molecular complexity index is 586. The number of hydrogen-bond acceptors (Lipinski definition) is 1. The highest BCUT2D eigenvalue weighted by Gasteiger charge is 2.03. The quantitative estimate of drug-likeness (QED) is 0.539. The first kappa shape index (κ1) is 16.1. The second kappa shape index (κ2) is 8.23. The van der Waals surface area contributed by atoms with E-state index in [4.69, 9.17) is 28.9 Å². The second-order valence-corrected chi connectivity index (χ2v) is 5.85. The molecule has 0 saturated carbocycles. The lowest BCUT2D eigenvalue weighted by molar-refractivity contribution is 0.766. The van der Waals surface area contributed by atoms with E-state index in [2.05, 4.69) is 18.2 Å². The Balaban J connectivity index is 2.26. The number of unbranched alkanes of at least 4 members (excludes halogenated alkanes) is 1. The maximum absolute atomic E-state index is 5.97. The summed E-state index contributed by atoms with van der Waals surface area (Å²) in [7, 11) is 0. The fourth-order valence-electron chi connectivity index (χ4n) is 2.18. The van der Waals surface area contributed by atoms with Gasteiger partial charge in [-0.1, -0.05) is 53.5 Å². The second-order valence-electron chi connectivity index (χ2n) is 4.97. The van der Waals surface area contributed by atoms with Gasteiger partial charge in [0, 0.05) is 10.0 Å². The lowest BCUT2D eigenvalue weighted by Crippen LogP contribution is -1.98. The molecule has 2 aromatic carbocycles. The molecule has 0 heterocycles. The van der Waals surface area contributed by atoms with Gasteiger partial charge in [0.1, 0.15) is 0 Å². The molecule has 0 fully saturated rings. The van der Waals surface area contributed by atoms with E-state index in [-0.39, 0.29) is 0 Å². The standard InChI is InChI=1S/C18H19Cl2N/c19-17-8-4-14(5-9-17)13-16(3-1-2-12-21)15-6-10-18(20)11-7-15/h4-11,13H,1-3,12,21H2/b16-13-. The number of allylic oxidation sites excluding steroid dienone is 1.